The van der Waals surface area contributed by atoms with Crippen molar-refractivity contribution < 1.29 is 28.3 Å². The van der Waals surface area contributed by atoms with Gasteiger partial charge in [-0.15, -0.1) is 0 Å². The number of ether oxygens (including phenoxy) is 3. The zero-order valence-corrected chi connectivity index (χ0v) is 21.6. The van der Waals surface area contributed by atoms with Gasteiger partial charge in [0, 0.05) is 25.5 Å². The monoisotopic (exact) mass is 522 g/mol. The van der Waals surface area contributed by atoms with Crippen LogP contribution in [-0.2, 0) is 9.47 Å². The van der Waals surface area contributed by atoms with Gasteiger partial charge in [-0.1, -0.05) is 5.16 Å². The molecular weight excluding hydrogens is 496 g/mol. The molecular formula is C25H26N6O7. The third-order valence-corrected chi connectivity index (χ3v) is 5.22. The predicted octanol–water partition coefficient (Wildman–Crippen LogP) is 3.68. The van der Waals surface area contributed by atoms with Gasteiger partial charge in [0.2, 0.25) is 0 Å². The molecule has 0 spiro atoms. The minimum atomic E-state index is -0.813. The summed E-state index contributed by atoms with van der Waals surface area (Å²) in [5.74, 6) is -0.260. The quantitative estimate of drug-likeness (QED) is 0.369. The summed E-state index contributed by atoms with van der Waals surface area (Å²) in [4.78, 5) is 48.3. The molecule has 198 valence electrons. The van der Waals surface area contributed by atoms with Gasteiger partial charge >= 0.3 is 12.1 Å². The van der Waals surface area contributed by atoms with Crippen LogP contribution in [0.25, 0.3) is 16.9 Å². The number of anilines is 3. The number of carbonyl (C=O) groups excluding carboxylic acids is 2. The molecule has 1 amide bonds. The van der Waals surface area contributed by atoms with E-state index in [1.165, 1.54) is 36.8 Å². The molecule has 0 bridgehead atoms. The van der Waals surface area contributed by atoms with E-state index < -0.39 is 23.2 Å². The molecule has 4 rings (SSSR count). The van der Waals surface area contributed by atoms with E-state index in [2.05, 4.69) is 20.4 Å². The largest absolute Gasteiger partial charge is 0.493 e. The summed E-state index contributed by atoms with van der Waals surface area (Å²) in [6, 6.07) is 8.04. The zero-order chi connectivity index (χ0) is 27.6. The molecule has 38 heavy (non-hydrogen) atoms. The molecule has 4 heterocycles. The summed E-state index contributed by atoms with van der Waals surface area (Å²) >= 11 is 0. The van der Waals surface area contributed by atoms with Crippen molar-refractivity contribution in [2.45, 2.75) is 26.4 Å². The topological polar surface area (TPSA) is 151 Å². The second-order valence-corrected chi connectivity index (χ2v) is 9.02. The number of hydrogen-bond acceptors (Lipinski definition) is 11. The first kappa shape index (κ1) is 26.1. The Hall–Kier alpha value is -4.94. The fourth-order valence-electron chi connectivity index (χ4n) is 3.50. The van der Waals surface area contributed by atoms with Crippen LogP contribution in [0.3, 0.4) is 0 Å². The smallest absolute Gasteiger partial charge is 0.414 e. The van der Waals surface area contributed by atoms with Crippen molar-refractivity contribution in [3.63, 3.8) is 0 Å². The molecule has 1 N–H and O–H groups in total. The highest BCUT2D eigenvalue weighted by Gasteiger charge is 2.27. The Balaban J connectivity index is 1.82. The van der Waals surface area contributed by atoms with Crippen LogP contribution >= 0.6 is 0 Å². The van der Waals surface area contributed by atoms with Crippen LogP contribution in [-0.4, -0.2) is 58.6 Å². The first-order chi connectivity index (χ1) is 18.0. The van der Waals surface area contributed by atoms with Crippen molar-refractivity contribution in [1.29, 1.82) is 0 Å². The van der Waals surface area contributed by atoms with Crippen molar-refractivity contribution in [3.05, 3.63) is 58.8 Å². The Morgan fingerprint density at radius 2 is 1.89 bits per heavy atom. The number of amides is 1. The minimum Gasteiger partial charge on any atom is -0.493 e. The molecule has 13 heteroatoms. The standard InChI is InChI=1S/C25H26N6O7/c1-25(2,3)37-24(34)30(4)15-13-17(28-19-18(15)29-38-20(19)23(33)36-6)27-14-9-8-12-31(22(14)32)21-16(35-5)10-7-11-26-21/h7-13H,1-6H3,(H,27,28). The first-order valence-electron chi connectivity index (χ1n) is 11.4. The van der Waals surface area contributed by atoms with Crippen LogP contribution in [0.15, 0.2) is 52.0 Å². The number of nitrogens with one attached hydrogen (secondary N) is 1. The Morgan fingerprint density at radius 1 is 1.13 bits per heavy atom. The van der Waals surface area contributed by atoms with Crippen molar-refractivity contribution in [1.82, 2.24) is 19.7 Å². The van der Waals surface area contributed by atoms with Crippen LogP contribution < -0.4 is 20.5 Å². The van der Waals surface area contributed by atoms with Crippen LogP contribution in [0.5, 0.6) is 5.75 Å². The minimum absolute atomic E-state index is 0.0231. The molecule has 0 fully saturated rings. The summed E-state index contributed by atoms with van der Waals surface area (Å²) in [6.45, 7) is 5.20. The highest BCUT2D eigenvalue weighted by molar-refractivity contribution is 6.06. The van der Waals surface area contributed by atoms with E-state index in [-0.39, 0.29) is 34.0 Å². The molecule has 4 aromatic rings. The van der Waals surface area contributed by atoms with Crippen molar-refractivity contribution in [2.75, 3.05) is 31.5 Å². The number of hydrogen-bond donors (Lipinski definition) is 1. The summed E-state index contributed by atoms with van der Waals surface area (Å²) in [7, 11) is 4.14. The lowest BCUT2D eigenvalue weighted by molar-refractivity contribution is 0.0554. The van der Waals surface area contributed by atoms with E-state index >= 15 is 0 Å². The third kappa shape index (κ3) is 5.12. The van der Waals surface area contributed by atoms with Crippen LogP contribution in [0.4, 0.5) is 22.0 Å². The van der Waals surface area contributed by atoms with E-state index in [0.717, 1.165) is 0 Å². The summed E-state index contributed by atoms with van der Waals surface area (Å²) in [5, 5.41) is 6.88. The fraction of sp³-hybridized carbons (Fsp3) is 0.280. The maximum Gasteiger partial charge on any atom is 0.414 e. The van der Waals surface area contributed by atoms with Gasteiger partial charge in [-0.3, -0.25) is 14.3 Å². The molecule has 13 nitrogen and oxygen atoms in total. The molecule has 0 unspecified atom stereocenters. The van der Waals surface area contributed by atoms with Crippen molar-refractivity contribution >= 4 is 40.3 Å². The lowest BCUT2D eigenvalue weighted by atomic mass is 10.2. The molecule has 0 saturated carbocycles. The number of esters is 1. The Morgan fingerprint density at radius 3 is 2.58 bits per heavy atom. The lowest BCUT2D eigenvalue weighted by Gasteiger charge is -2.25. The number of nitrogens with zero attached hydrogens (tertiary/aromatic N) is 5. The van der Waals surface area contributed by atoms with Gasteiger partial charge in [0.15, 0.2) is 17.1 Å². The average Bonchev–Trinajstić information content (AvgIpc) is 3.31. The molecule has 0 radical (unpaired) electrons. The summed E-state index contributed by atoms with van der Waals surface area (Å²) in [5.41, 5.74) is -0.724. The van der Waals surface area contributed by atoms with Crippen LogP contribution in [0.1, 0.15) is 31.3 Å². The SMILES string of the molecule is COC(=O)c1onc2c(N(C)C(=O)OC(C)(C)C)cc(Nc3cccn(-c4ncccc4OC)c3=O)nc12. The molecule has 4 aromatic heterocycles. The van der Waals surface area contributed by atoms with Gasteiger partial charge in [0.1, 0.15) is 22.6 Å². The number of rotatable bonds is 6. The van der Waals surface area contributed by atoms with Gasteiger partial charge in [-0.05, 0) is 45.0 Å². The summed E-state index contributed by atoms with van der Waals surface area (Å²) < 4.78 is 22.1. The van der Waals surface area contributed by atoms with Gasteiger partial charge in [0.05, 0.1) is 19.9 Å². The number of fused-ring (bicyclic) bond motifs is 1. The van der Waals surface area contributed by atoms with Crippen LogP contribution in [0, 0.1) is 0 Å². The number of pyridine rings is 3. The Labute approximate surface area is 216 Å². The highest BCUT2D eigenvalue weighted by Crippen LogP contribution is 2.31. The Bertz CT molecular complexity index is 1570. The third-order valence-electron chi connectivity index (χ3n) is 5.22. The molecule has 0 aliphatic heterocycles. The lowest BCUT2D eigenvalue weighted by Crippen LogP contribution is -2.34. The van der Waals surface area contributed by atoms with Gasteiger partial charge in [-0.25, -0.2) is 19.6 Å². The van der Waals surface area contributed by atoms with Gasteiger partial charge in [-0.2, -0.15) is 0 Å². The second-order valence-electron chi connectivity index (χ2n) is 9.02. The maximum absolute atomic E-state index is 13.3. The van der Waals surface area contributed by atoms with E-state index in [1.54, 1.807) is 57.4 Å². The molecule has 0 aromatic carbocycles. The van der Waals surface area contributed by atoms with Gasteiger partial charge in [0.25, 0.3) is 11.3 Å². The summed E-state index contributed by atoms with van der Waals surface area (Å²) in [6.07, 6.45) is 2.41. The zero-order valence-electron chi connectivity index (χ0n) is 21.6. The van der Waals surface area contributed by atoms with Crippen molar-refractivity contribution in [2.24, 2.45) is 0 Å². The van der Waals surface area contributed by atoms with Gasteiger partial charge < -0.3 is 24.1 Å². The second kappa shape index (κ2) is 10.2. The molecule has 0 atom stereocenters. The Kier molecular flexibility index (Phi) is 7.02. The van der Waals surface area contributed by atoms with Crippen LogP contribution in [0.2, 0.25) is 0 Å². The molecule has 0 aliphatic rings. The number of aromatic nitrogens is 4. The van der Waals surface area contributed by atoms with E-state index in [0.29, 0.717) is 11.6 Å². The molecule has 0 saturated heterocycles. The van der Waals surface area contributed by atoms with Crippen molar-refractivity contribution in [3.8, 4) is 11.6 Å². The first-order valence-corrected chi connectivity index (χ1v) is 11.4. The van der Waals surface area contributed by atoms with E-state index in [9.17, 15) is 14.4 Å². The average molecular weight is 523 g/mol. The fourth-order valence-corrected chi connectivity index (χ4v) is 3.50. The predicted molar refractivity (Wildman–Crippen MR) is 137 cm³/mol. The van der Waals surface area contributed by atoms with E-state index in [4.69, 9.17) is 18.7 Å². The van der Waals surface area contributed by atoms with E-state index in [1.807, 2.05) is 0 Å². The maximum atomic E-state index is 13.3. The number of carbonyl (C=O) groups is 2. The highest BCUT2D eigenvalue weighted by atomic mass is 16.6. The normalized spacial score (nSPS) is 11.2. The molecule has 0 aliphatic carbocycles. The number of methoxy groups -OCH3 is 2.